The fraction of sp³-hybridized carbons (Fsp3) is 0.250. The summed E-state index contributed by atoms with van der Waals surface area (Å²) in [6.45, 7) is 5.16. The van der Waals surface area contributed by atoms with Crippen LogP contribution in [-0.2, 0) is 12.3 Å². The van der Waals surface area contributed by atoms with E-state index in [4.69, 9.17) is 8.83 Å². The second kappa shape index (κ2) is 7.84. The smallest absolute Gasteiger partial charge is 0.226 e. The molecule has 3 aromatic heterocycles. The van der Waals surface area contributed by atoms with Crippen LogP contribution in [0.3, 0.4) is 0 Å². The van der Waals surface area contributed by atoms with Crippen LogP contribution in [0, 0.1) is 5.92 Å². The van der Waals surface area contributed by atoms with E-state index < -0.39 is 0 Å². The third-order valence-corrected chi connectivity index (χ3v) is 4.93. The summed E-state index contributed by atoms with van der Waals surface area (Å²) in [4.78, 5) is 4.58. The van der Waals surface area contributed by atoms with Crippen LogP contribution in [0.5, 0.6) is 0 Å². The molecule has 27 heavy (non-hydrogen) atoms. The summed E-state index contributed by atoms with van der Waals surface area (Å²) in [6, 6.07) is 13.6. The molecule has 0 atom stereocenters. The number of oxazole rings is 1. The van der Waals surface area contributed by atoms with Gasteiger partial charge in [-0.15, -0.1) is 10.2 Å². The molecule has 0 amide bonds. The van der Waals surface area contributed by atoms with Crippen molar-refractivity contribution in [1.82, 2.24) is 19.7 Å². The van der Waals surface area contributed by atoms with Gasteiger partial charge in [0.2, 0.25) is 5.89 Å². The Hall–Kier alpha value is -2.80. The molecule has 0 aliphatic heterocycles. The van der Waals surface area contributed by atoms with E-state index >= 15 is 0 Å². The molecule has 1 aromatic carbocycles. The van der Waals surface area contributed by atoms with E-state index in [-0.39, 0.29) is 0 Å². The summed E-state index contributed by atoms with van der Waals surface area (Å²) in [7, 11) is 0. The Kier molecular flexibility index (Phi) is 5.11. The Bertz CT molecular complexity index is 990. The number of thioether (sulfide) groups is 1. The summed E-state index contributed by atoms with van der Waals surface area (Å²) in [5.74, 6) is 3.23. The van der Waals surface area contributed by atoms with Crippen molar-refractivity contribution in [2.24, 2.45) is 5.92 Å². The highest BCUT2D eigenvalue weighted by Crippen LogP contribution is 2.28. The van der Waals surface area contributed by atoms with Gasteiger partial charge in [-0.3, -0.25) is 4.57 Å². The van der Waals surface area contributed by atoms with E-state index in [9.17, 15) is 0 Å². The van der Waals surface area contributed by atoms with Crippen molar-refractivity contribution in [3.63, 3.8) is 0 Å². The second-order valence-corrected chi connectivity index (χ2v) is 7.53. The monoisotopic (exact) mass is 380 g/mol. The molecule has 0 N–H and O–H groups in total. The number of nitrogens with zero attached hydrogens (tertiary/aromatic N) is 4. The van der Waals surface area contributed by atoms with Crippen molar-refractivity contribution in [1.29, 1.82) is 0 Å². The molecule has 7 heteroatoms. The molecular weight excluding hydrogens is 360 g/mol. The minimum Gasteiger partial charge on any atom is -0.461 e. The van der Waals surface area contributed by atoms with Gasteiger partial charge in [-0.05, 0) is 30.2 Å². The Morgan fingerprint density at radius 2 is 1.89 bits per heavy atom. The molecule has 0 saturated carbocycles. The van der Waals surface area contributed by atoms with Gasteiger partial charge in [-0.25, -0.2) is 4.98 Å². The van der Waals surface area contributed by atoms with Gasteiger partial charge in [-0.2, -0.15) is 0 Å². The van der Waals surface area contributed by atoms with E-state index in [0.717, 1.165) is 34.5 Å². The maximum Gasteiger partial charge on any atom is 0.226 e. The molecule has 4 rings (SSSR count). The first-order valence-corrected chi connectivity index (χ1v) is 9.79. The van der Waals surface area contributed by atoms with Crippen LogP contribution in [0.25, 0.3) is 23.0 Å². The van der Waals surface area contributed by atoms with Crippen molar-refractivity contribution in [3.05, 3.63) is 60.7 Å². The van der Waals surface area contributed by atoms with Gasteiger partial charge in [0.05, 0.1) is 12.0 Å². The topological polar surface area (TPSA) is 69.9 Å². The summed E-state index contributed by atoms with van der Waals surface area (Å²) in [6.07, 6.45) is 3.35. The van der Waals surface area contributed by atoms with Gasteiger partial charge >= 0.3 is 0 Å². The molecule has 0 spiro atoms. The predicted molar refractivity (Wildman–Crippen MR) is 104 cm³/mol. The van der Waals surface area contributed by atoms with Gasteiger partial charge < -0.3 is 8.83 Å². The number of furan rings is 1. The maximum atomic E-state index is 5.62. The van der Waals surface area contributed by atoms with Crippen LogP contribution >= 0.6 is 11.8 Å². The molecule has 0 radical (unpaired) electrons. The van der Waals surface area contributed by atoms with Crippen LogP contribution in [0.4, 0.5) is 0 Å². The van der Waals surface area contributed by atoms with Crippen LogP contribution in [0.1, 0.15) is 19.5 Å². The lowest BCUT2D eigenvalue weighted by atomic mass is 10.2. The second-order valence-electron chi connectivity index (χ2n) is 6.59. The van der Waals surface area contributed by atoms with E-state index in [2.05, 4.69) is 33.6 Å². The molecule has 138 valence electrons. The van der Waals surface area contributed by atoms with E-state index in [1.165, 1.54) is 0 Å². The van der Waals surface area contributed by atoms with Gasteiger partial charge in [-0.1, -0.05) is 43.8 Å². The first-order chi connectivity index (χ1) is 13.2. The maximum absolute atomic E-state index is 5.62. The van der Waals surface area contributed by atoms with Gasteiger partial charge in [0.15, 0.2) is 16.7 Å². The van der Waals surface area contributed by atoms with Crippen molar-refractivity contribution < 1.29 is 8.83 Å². The van der Waals surface area contributed by atoms with Gasteiger partial charge in [0.25, 0.3) is 0 Å². The Morgan fingerprint density at radius 1 is 1.04 bits per heavy atom. The molecule has 0 saturated heterocycles. The molecular formula is C20H20N4O2S. The zero-order valence-electron chi connectivity index (χ0n) is 15.2. The molecule has 3 heterocycles. The van der Waals surface area contributed by atoms with Gasteiger partial charge in [0, 0.05) is 17.9 Å². The third kappa shape index (κ3) is 3.98. The van der Waals surface area contributed by atoms with Crippen molar-refractivity contribution in [2.75, 3.05) is 0 Å². The molecule has 0 fully saturated rings. The summed E-state index contributed by atoms with van der Waals surface area (Å²) in [5, 5.41) is 9.54. The van der Waals surface area contributed by atoms with Crippen LogP contribution in [-0.4, -0.2) is 19.7 Å². The average Bonchev–Trinajstić information content (AvgIpc) is 3.41. The largest absolute Gasteiger partial charge is 0.461 e. The average molecular weight is 380 g/mol. The summed E-state index contributed by atoms with van der Waals surface area (Å²) < 4.78 is 13.2. The minimum absolute atomic E-state index is 0.464. The third-order valence-electron chi connectivity index (χ3n) is 3.93. The predicted octanol–water partition coefficient (Wildman–Crippen LogP) is 5.14. The lowest BCUT2D eigenvalue weighted by Gasteiger charge is -2.11. The highest BCUT2D eigenvalue weighted by atomic mass is 32.2. The van der Waals surface area contributed by atoms with E-state index in [0.29, 0.717) is 17.6 Å². The highest BCUT2D eigenvalue weighted by Gasteiger charge is 2.18. The number of benzene rings is 1. The highest BCUT2D eigenvalue weighted by molar-refractivity contribution is 7.98. The SMILES string of the molecule is CC(C)Cn1c(SCc2coc(-c3ccccc3)n2)nnc1-c1ccco1. The Labute approximate surface area is 161 Å². The molecule has 4 aromatic rings. The zero-order chi connectivity index (χ0) is 18.6. The number of rotatable bonds is 7. The van der Waals surface area contributed by atoms with Crippen molar-refractivity contribution in [2.45, 2.75) is 31.3 Å². The summed E-state index contributed by atoms with van der Waals surface area (Å²) >= 11 is 1.59. The first kappa shape index (κ1) is 17.6. The molecule has 6 nitrogen and oxygen atoms in total. The normalized spacial score (nSPS) is 11.4. The molecule has 0 aliphatic carbocycles. The fourth-order valence-electron chi connectivity index (χ4n) is 2.74. The standard InChI is InChI=1S/C20H20N4O2S/c1-14(2)11-24-18(17-9-6-10-25-17)22-23-20(24)27-13-16-12-26-19(21-16)15-7-4-3-5-8-15/h3-10,12,14H,11,13H2,1-2H3. The fourth-order valence-corrected chi connectivity index (χ4v) is 3.56. The summed E-state index contributed by atoms with van der Waals surface area (Å²) in [5.41, 5.74) is 1.84. The Morgan fingerprint density at radius 3 is 2.63 bits per heavy atom. The van der Waals surface area contributed by atoms with E-state index in [1.807, 2.05) is 42.5 Å². The molecule has 0 bridgehead atoms. The van der Waals surface area contributed by atoms with Gasteiger partial charge in [0.1, 0.15) is 6.26 Å². The zero-order valence-corrected chi connectivity index (χ0v) is 16.0. The number of hydrogen-bond acceptors (Lipinski definition) is 6. The molecule has 0 aliphatic rings. The molecule has 0 unspecified atom stereocenters. The quantitative estimate of drug-likeness (QED) is 0.413. The first-order valence-electron chi connectivity index (χ1n) is 8.80. The van der Waals surface area contributed by atoms with Crippen LogP contribution in [0.15, 0.2) is 69.0 Å². The lowest BCUT2D eigenvalue weighted by Crippen LogP contribution is -2.07. The number of aromatic nitrogens is 4. The lowest BCUT2D eigenvalue weighted by molar-refractivity contribution is 0.489. The Balaban J connectivity index is 1.52. The van der Waals surface area contributed by atoms with Crippen molar-refractivity contribution >= 4 is 11.8 Å². The van der Waals surface area contributed by atoms with Crippen LogP contribution < -0.4 is 0 Å². The minimum atomic E-state index is 0.464. The number of hydrogen-bond donors (Lipinski definition) is 0. The van der Waals surface area contributed by atoms with Crippen LogP contribution in [0.2, 0.25) is 0 Å². The van der Waals surface area contributed by atoms with E-state index in [1.54, 1.807) is 24.3 Å². The van der Waals surface area contributed by atoms with Crippen molar-refractivity contribution in [3.8, 4) is 23.0 Å².